The quantitative estimate of drug-likeness (QED) is 0.185. The van der Waals surface area contributed by atoms with E-state index in [1.54, 1.807) is 27.7 Å². The van der Waals surface area contributed by atoms with Crippen LogP contribution in [-0.2, 0) is 71.2 Å². The van der Waals surface area contributed by atoms with Gasteiger partial charge in [0.05, 0.1) is 59.5 Å². The molecule has 9 aliphatic rings. The van der Waals surface area contributed by atoms with Crippen molar-refractivity contribution in [2.45, 2.75) is 253 Å². The van der Waals surface area contributed by atoms with Crippen LogP contribution in [0.5, 0.6) is 11.5 Å². The zero-order valence-corrected chi connectivity index (χ0v) is 49.1. The Morgan fingerprint density at radius 3 is 1.82 bits per heavy atom. The molecular formula is C60H82N2O21. The highest BCUT2D eigenvalue weighted by atomic mass is 16.8. The number of carbonyl (C=O) groups is 4. The van der Waals surface area contributed by atoms with Gasteiger partial charge >= 0.3 is 0 Å². The summed E-state index contributed by atoms with van der Waals surface area (Å²) in [6, 6.07) is 4.99. The molecule has 0 bridgehead atoms. The summed E-state index contributed by atoms with van der Waals surface area (Å²) in [7, 11) is 7.63. The van der Waals surface area contributed by atoms with Gasteiger partial charge in [0.1, 0.15) is 60.3 Å². The third kappa shape index (κ3) is 11.6. The number of aliphatic hydroxyl groups excluding tert-OH is 1. The van der Waals surface area contributed by atoms with Crippen LogP contribution in [0.3, 0.4) is 0 Å². The topological polar surface area (TPSA) is 276 Å². The Morgan fingerprint density at radius 1 is 0.614 bits per heavy atom. The summed E-state index contributed by atoms with van der Waals surface area (Å²) in [6.45, 7) is 12.5. The zero-order chi connectivity index (χ0) is 59.2. The summed E-state index contributed by atoms with van der Waals surface area (Å²) >= 11 is 0. The first-order valence-corrected chi connectivity index (χ1v) is 29.5. The lowest BCUT2D eigenvalue weighted by Gasteiger charge is -2.51. The molecule has 7 saturated heterocycles. The number of likely N-dealkylation sites (N-methyl/N-ethyl adjacent to an activating group) is 2. The van der Waals surface area contributed by atoms with Crippen LogP contribution in [0.1, 0.15) is 161 Å². The van der Waals surface area contributed by atoms with Crippen LogP contribution >= 0.6 is 0 Å². The smallest absolute Gasteiger partial charge is 0.198 e. The number of aromatic hydroxyl groups is 2. The average molecular weight is 1170 g/mol. The first-order chi connectivity index (χ1) is 39.4. The predicted octanol–water partition coefficient (Wildman–Crippen LogP) is 4.40. The fourth-order valence-corrected chi connectivity index (χ4v) is 13.9. The van der Waals surface area contributed by atoms with Crippen LogP contribution in [-0.4, -0.2) is 216 Å². The Kier molecular flexibility index (Phi) is 17.5. The number of ether oxygens (including phenoxy) is 13. The summed E-state index contributed by atoms with van der Waals surface area (Å²) in [5, 5.41) is 48.1. The highest BCUT2D eigenvalue weighted by molar-refractivity contribution is 6.30. The fourth-order valence-electron chi connectivity index (χ4n) is 13.9. The van der Waals surface area contributed by atoms with Crippen molar-refractivity contribution in [3.63, 3.8) is 0 Å². The van der Waals surface area contributed by atoms with Crippen LogP contribution in [0, 0.1) is 0 Å². The van der Waals surface area contributed by atoms with Crippen LogP contribution in [0.4, 0.5) is 0 Å². The minimum absolute atomic E-state index is 0.000437. The van der Waals surface area contributed by atoms with E-state index in [4.69, 9.17) is 61.6 Å². The molecule has 0 radical (unpaired) electrons. The van der Waals surface area contributed by atoms with E-state index in [2.05, 4.69) is 0 Å². The molecule has 2 aromatic rings. The Morgan fingerprint density at radius 2 is 1.19 bits per heavy atom. The molecule has 2 aliphatic carbocycles. The molecule has 7 aliphatic heterocycles. The van der Waals surface area contributed by atoms with E-state index < -0.39 is 152 Å². The maximum atomic E-state index is 14.5. The van der Waals surface area contributed by atoms with Gasteiger partial charge in [0.2, 0.25) is 0 Å². The monoisotopic (exact) mass is 1170 g/mol. The molecule has 11 rings (SSSR count). The molecule has 7 heterocycles. The molecule has 24 atom stereocenters. The van der Waals surface area contributed by atoms with E-state index in [0.717, 1.165) is 0 Å². The number of benzene rings is 2. The van der Waals surface area contributed by atoms with E-state index in [-0.39, 0.29) is 101 Å². The molecule has 458 valence electrons. The van der Waals surface area contributed by atoms with Crippen molar-refractivity contribution in [1.29, 1.82) is 0 Å². The number of ketones is 4. The number of rotatable bonds is 13. The predicted molar refractivity (Wildman–Crippen MR) is 288 cm³/mol. The van der Waals surface area contributed by atoms with Gasteiger partial charge in [-0.3, -0.25) is 19.2 Å². The van der Waals surface area contributed by atoms with Gasteiger partial charge in [-0.1, -0.05) is 19.1 Å². The van der Waals surface area contributed by atoms with Gasteiger partial charge in [-0.25, -0.2) is 0 Å². The maximum Gasteiger partial charge on any atom is 0.198 e. The number of aliphatic hydroxyl groups is 2. The van der Waals surface area contributed by atoms with E-state index in [0.29, 0.717) is 19.3 Å². The van der Waals surface area contributed by atoms with Crippen molar-refractivity contribution >= 4 is 23.1 Å². The third-order valence-electron chi connectivity index (χ3n) is 18.6. The molecule has 23 heteroatoms. The summed E-state index contributed by atoms with van der Waals surface area (Å²) in [5.74, 6) is -2.39. The minimum Gasteiger partial charge on any atom is -0.507 e. The van der Waals surface area contributed by atoms with Crippen molar-refractivity contribution in [1.82, 2.24) is 9.80 Å². The highest BCUT2D eigenvalue weighted by Crippen LogP contribution is 2.55. The lowest BCUT2D eigenvalue weighted by Crippen LogP contribution is -2.62. The number of phenols is 2. The number of fused-ring (bicyclic) bond motifs is 5. The first kappa shape index (κ1) is 60.7. The molecule has 0 saturated carbocycles. The number of nitrogens with zero attached hydrogens (tertiary/aromatic N) is 2. The normalized spacial score (nSPS) is 42.9. The Balaban J connectivity index is 0.833. The molecule has 0 spiro atoms. The van der Waals surface area contributed by atoms with Crippen molar-refractivity contribution in [3.05, 3.63) is 57.6 Å². The van der Waals surface area contributed by atoms with Crippen LogP contribution in [0.25, 0.3) is 0 Å². The van der Waals surface area contributed by atoms with Gasteiger partial charge in [0.25, 0.3) is 0 Å². The average Bonchev–Trinajstić information content (AvgIpc) is 3.51. The van der Waals surface area contributed by atoms with E-state index >= 15 is 0 Å². The number of hydrogen-bond acceptors (Lipinski definition) is 23. The van der Waals surface area contributed by atoms with Gasteiger partial charge in [-0.15, -0.1) is 0 Å². The van der Waals surface area contributed by atoms with Crippen LogP contribution in [0.15, 0.2) is 24.3 Å². The summed E-state index contributed by atoms with van der Waals surface area (Å²) in [4.78, 5) is 57.6. The lowest BCUT2D eigenvalue weighted by molar-refractivity contribution is -0.371. The standard InChI is InChI=1S/C60H82N2O21/c1-12-60(70)24-42(78-44-19-34(61(8)9)55(27(4)72-44)81-47-23-40-57(30(7)75-47)83-59-41(77-40)21-38(65)26(3)76-59)32-18-33-49(51(67)31-14-13-15-37(64)48(31)52(33)68)53(69)50(32)58(60)82-45-20-35(62(10)11)54(28(5)73-45)80-46-22-39(66)56(29(6)74-46)79-43-17-16-36(63)25(2)71-43/h13-15,18,25-30,34-35,39-47,54-59,64,66,69-70H,12,16-17,19-24H2,1-11H3/t25-,26+,27+,28+,29+,30+,34+,35+,39+,40+,41+,42+,43-,44+,45-,46+,47-,54-,55-,56-,57+,58-,59+,60-/m1/s1. The molecular weight excluding hydrogens is 1080 g/mol. The first-order valence-electron chi connectivity index (χ1n) is 29.5. The van der Waals surface area contributed by atoms with E-state index in [1.165, 1.54) is 24.3 Å². The number of carbonyl (C=O) groups excluding carboxylic acids is 4. The second-order valence-electron chi connectivity index (χ2n) is 24.6. The lowest BCUT2D eigenvalue weighted by atomic mass is 9.71. The van der Waals surface area contributed by atoms with Crippen LogP contribution in [0.2, 0.25) is 0 Å². The summed E-state index contributed by atoms with van der Waals surface area (Å²) in [5.41, 5.74) is -2.21. The van der Waals surface area contributed by atoms with Crippen molar-refractivity contribution in [3.8, 4) is 11.5 Å². The molecule has 0 amide bonds. The van der Waals surface area contributed by atoms with E-state index in [1.807, 2.05) is 58.8 Å². The van der Waals surface area contributed by atoms with Crippen molar-refractivity contribution in [2.24, 2.45) is 0 Å². The number of Topliss-reactive ketones (excluding diaryl/α,β-unsaturated/α-hetero) is 2. The zero-order valence-electron chi connectivity index (χ0n) is 49.1. The summed E-state index contributed by atoms with van der Waals surface area (Å²) in [6.07, 6.45) is -13.3. The fraction of sp³-hybridized carbons (Fsp3) is 0.733. The number of phenolic OH excluding ortho intramolecular Hbond substituents is 2. The van der Waals surface area contributed by atoms with Gasteiger partial charge in [-0.2, -0.15) is 0 Å². The highest BCUT2D eigenvalue weighted by Gasteiger charge is 2.55. The van der Waals surface area contributed by atoms with Gasteiger partial charge < -0.3 is 91.8 Å². The SMILES string of the molecule is CC[C@@]1(O)C[C@H](O[C@H]2C[C@H](N(C)C)[C@H](O[C@@H]3C[C@@H]4O[C@H]5CC(=O)[C@H](C)O[C@H]5O[C@H]4[C@H](C)O3)[C@H](C)O2)c2cc3c(c(O)c2[C@H]1O[C@@H]1C[C@H](N(C)C)[C@H](O[C@H]2C[C@H](O)[C@H](O[C@@H]4CCC(=O)[C@@H](C)O4)[C@H](C)O2)[C@H](C)O1)C(=O)c1cccc(O)c1C3=O. The van der Waals surface area contributed by atoms with Crippen molar-refractivity contribution < 1.29 is 101 Å². The molecule has 7 fully saturated rings. The molecule has 0 unspecified atom stereocenters. The molecule has 0 aromatic heterocycles. The Bertz CT molecular complexity index is 2750. The van der Waals surface area contributed by atoms with Gasteiger partial charge in [0.15, 0.2) is 60.9 Å². The van der Waals surface area contributed by atoms with Crippen molar-refractivity contribution in [2.75, 3.05) is 28.2 Å². The van der Waals surface area contributed by atoms with Crippen LogP contribution < -0.4 is 0 Å². The maximum absolute atomic E-state index is 14.5. The Hall–Kier alpha value is -3.96. The molecule has 2 aromatic carbocycles. The second kappa shape index (κ2) is 24.0. The Labute approximate surface area is 483 Å². The largest absolute Gasteiger partial charge is 0.507 e. The van der Waals surface area contributed by atoms with E-state index in [9.17, 15) is 39.6 Å². The number of hydrogen-bond donors (Lipinski definition) is 4. The second-order valence-corrected chi connectivity index (χ2v) is 24.6. The van der Waals surface area contributed by atoms with Gasteiger partial charge in [-0.05, 0) is 93.9 Å². The summed E-state index contributed by atoms with van der Waals surface area (Å²) < 4.78 is 83.9. The minimum atomic E-state index is -1.79. The van der Waals surface area contributed by atoms with Gasteiger partial charge in [0, 0.05) is 80.1 Å². The molecule has 4 N–H and O–H groups in total. The molecule has 23 nitrogen and oxygen atoms in total. The third-order valence-corrected chi connectivity index (χ3v) is 18.6. The molecule has 83 heavy (non-hydrogen) atoms.